The van der Waals surface area contributed by atoms with E-state index in [1.165, 1.54) is 6.42 Å². The van der Waals surface area contributed by atoms with E-state index in [-0.39, 0.29) is 24.4 Å². The number of piperidine rings is 1. The van der Waals surface area contributed by atoms with E-state index in [4.69, 9.17) is 4.74 Å². The Balaban J connectivity index is 1.47. The van der Waals surface area contributed by atoms with E-state index >= 15 is 0 Å². The molecule has 0 spiro atoms. The Kier molecular flexibility index (Phi) is 4.05. The molecule has 1 amide bonds. The van der Waals surface area contributed by atoms with E-state index in [0.29, 0.717) is 23.7 Å². The van der Waals surface area contributed by atoms with Crippen molar-refractivity contribution in [2.45, 2.75) is 33.1 Å². The van der Waals surface area contributed by atoms with Crippen LogP contribution < -0.4 is 0 Å². The molecule has 116 valence electrons. The molecule has 0 aromatic heterocycles. The number of fused-ring (bicyclic) bond motifs is 2. The van der Waals surface area contributed by atoms with Crippen LogP contribution in [0.5, 0.6) is 0 Å². The lowest BCUT2D eigenvalue weighted by Crippen LogP contribution is -2.44. The van der Waals surface area contributed by atoms with E-state index in [0.717, 1.165) is 25.9 Å². The van der Waals surface area contributed by atoms with Gasteiger partial charge in [-0.05, 0) is 42.9 Å². The number of amides is 1. The molecular weight excluding hydrogens is 266 g/mol. The van der Waals surface area contributed by atoms with Gasteiger partial charge < -0.3 is 9.64 Å². The first-order valence-electron chi connectivity index (χ1n) is 8.15. The van der Waals surface area contributed by atoms with Crippen LogP contribution in [0.15, 0.2) is 12.2 Å². The monoisotopic (exact) mass is 291 g/mol. The molecule has 1 aliphatic heterocycles. The summed E-state index contributed by atoms with van der Waals surface area (Å²) in [5.41, 5.74) is 0. The SMILES string of the molecule is CC1CC(C)CN(C(=O)COC(=O)C2CC3C=CC2C3)C1. The first-order valence-corrected chi connectivity index (χ1v) is 8.15. The van der Waals surface area contributed by atoms with E-state index in [9.17, 15) is 9.59 Å². The first kappa shape index (κ1) is 14.6. The second-order valence-electron chi connectivity index (χ2n) is 7.24. The van der Waals surface area contributed by atoms with Gasteiger partial charge in [-0.1, -0.05) is 26.0 Å². The molecule has 2 bridgehead atoms. The van der Waals surface area contributed by atoms with Crippen LogP contribution in [0.1, 0.15) is 33.1 Å². The van der Waals surface area contributed by atoms with Crippen LogP contribution in [0, 0.1) is 29.6 Å². The highest BCUT2D eigenvalue weighted by Crippen LogP contribution is 2.43. The summed E-state index contributed by atoms with van der Waals surface area (Å²) in [6.45, 7) is 5.83. The number of likely N-dealkylation sites (tertiary alicyclic amines) is 1. The summed E-state index contributed by atoms with van der Waals surface area (Å²) in [6.07, 6.45) is 7.48. The average molecular weight is 291 g/mol. The summed E-state index contributed by atoms with van der Waals surface area (Å²) in [5.74, 6) is 1.71. The Labute approximate surface area is 126 Å². The number of rotatable bonds is 3. The third kappa shape index (κ3) is 3.14. The molecule has 4 nitrogen and oxygen atoms in total. The minimum absolute atomic E-state index is 0.0213. The summed E-state index contributed by atoms with van der Waals surface area (Å²) < 4.78 is 5.30. The van der Waals surface area contributed by atoms with Crippen molar-refractivity contribution in [3.8, 4) is 0 Å². The van der Waals surface area contributed by atoms with E-state index in [2.05, 4.69) is 26.0 Å². The predicted molar refractivity (Wildman–Crippen MR) is 79.3 cm³/mol. The summed E-state index contributed by atoms with van der Waals surface area (Å²) in [4.78, 5) is 26.2. The molecule has 1 saturated carbocycles. The largest absolute Gasteiger partial charge is 0.455 e. The molecule has 21 heavy (non-hydrogen) atoms. The van der Waals surface area contributed by atoms with Gasteiger partial charge in [0, 0.05) is 13.1 Å². The van der Waals surface area contributed by atoms with Crippen molar-refractivity contribution in [1.29, 1.82) is 0 Å². The Morgan fingerprint density at radius 2 is 1.81 bits per heavy atom. The zero-order chi connectivity index (χ0) is 15.0. The Bertz CT molecular complexity index is 449. The number of hydrogen-bond donors (Lipinski definition) is 0. The molecule has 5 atom stereocenters. The zero-order valence-corrected chi connectivity index (χ0v) is 13.0. The maximum absolute atomic E-state index is 12.2. The normalized spacial score (nSPS) is 37.8. The lowest BCUT2D eigenvalue weighted by molar-refractivity contribution is -0.157. The molecule has 0 radical (unpaired) electrons. The molecule has 0 N–H and O–H groups in total. The molecule has 1 heterocycles. The molecular formula is C17H25NO3. The maximum atomic E-state index is 12.2. The lowest BCUT2D eigenvalue weighted by atomic mass is 9.92. The van der Waals surface area contributed by atoms with Crippen molar-refractivity contribution in [2.75, 3.05) is 19.7 Å². The fourth-order valence-corrected chi connectivity index (χ4v) is 4.25. The van der Waals surface area contributed by atoms with Crippen molar-refractivity contribution < 1.29 is 14.3 Å². The van der Waals surface area contributed by atoms with Crippen LogP contribution >= 0.6 is 0 Å². The van der Waals surface area contributed by atoms with E-state index in [1.807, 2.05) is 4.90 Å². The minimum atomic E-state index is -0.182. The number of nitrogens with zero attached hydrogens (tertiary/aromatic N) is 1. The van der Waals surface area contributed by atoms with Crippen LogP contribution in [0.25, 0.3) is 0 Å². The number of ether oxygens (including phenoxy) is 1. The van der Waals surface area contributed by atoms with Gasteiger partial charge in [-0.15, -0.1) is 0 Å². The number of allylic oxidation sites excluding steroid dienone is 2. The average Bonchev–Trinajstić information content (AvgIpc) is 3.05. The molecule has 5 unspecified atom stereocenters. The van der Waals surface area contributed by atoms with Crippen LogP contribution in [0.3, 0.4) is 0 Å². The lowest BCUT2D eigenvalue weighted by Gasteiger charge is -2.34. The van der Waals surface area contributed by atoms with Crippen molar-refractivity contribution in [3.05, 3.63) is 12.2 Å². The third-order valence-corrected chi connectivity index (χ3v) is 5.14. The van der Waals surface area contributed by atoms with Gasteiger partial charge in [0.25, 0.3) is 5.91 Å². The molecule has 0 aromatic rings. The third-order valence-electron chi connectivity index (χ3n) is 5.14. The molecule has 1 saturated heterocycles. The highest BCUT2D eigenvalue weighted by atomic mass is 16.5. The van der Waals surface area contributed by atoms with Gasteiger partial charge in [-0.25, -0.2) is 0 Å². The van der Waals surface area contributed by atoms with Gasteiger partial charge in [0.05, 0.1) is 5.92 Å². The number of esters is 1. The molecule has 3 aliphatic rings. The van der Waals surface area contributed by atoms with Gasteiger partial charge >= 0.3 is 5.97 Å². The standard InChI is InChI=1S/C17H25NO3/c1-11-5-12(2)9-18(8-11)16(19)10-21-17(20)15-7-13-3-4-14(15)6-13/h3-4,11-15H,5-10H2,1-2H3. The molecule has 4 heteroatoms. The Hall–Kier alpha value is -1.32. The molecule has 3 rings (SSSR count). The van der Waals surface area contributed by atoms with Crippen molar-refractivity contribution in [3.63, 3.8) is 0 Å². The van der Waals surface area contributed by atoms with Crippen molar-refractivity contribution in [1.82, 2.24) is 4.90 Å². The van der Waals surface area contributed by atoms with Crippen LogP contribution in [0.4, 0.5) is 0 Å². The maximum Gasteiger partial charge on any atom is 0.310 e. The van der Waals surface area contributed by atoms with Crippen molar-refractivity contribution >= 4 is 11.9 Å². The first-order chi connectivity index (χ1) is 10.0. The van der Waals surface area contributed by atoms with Gasteiger partial charge in [-0.3, -0.25) is 9.59 Å². The van der Waals surface area contributed by atoms with E-state index in [1.54, 1.807) is 0 Å². The van der Waals surface area contributed by atoms with Gasteiger partial charge in [-0.2, -0.15) is 0 Å². The van der Waals surface area contributed by atoms with Crippen LogP contribution in [0.2, 0.25) is 0 Å². The number of carbonyl (C=O) groups is 2. The predicted octanol–water partition coefficient (Wildman–Crippen LogP) is 2.25. The van der Waals surface area contributed by atoms with Gasteiger partial charge in [0.2, 0.25) is 0 Å². The Morgan fingerprint density at radius 1 is 1.10 bits per heavy atom. The van der Waals surface area contributed by atoms with E-state index < -0.39 is 0 Å². The molecule has 0 aromatic carbocycles. The van der Waals surface area contributed by atoms with Crippen LogP contribution in [-0.4, -0.2) is 36.5 Å². The second-order valence-corrected chi connectivity index (χ2v) is 7.24. The Morgan fingerprint density at radius 3 is 2.38 bits per heavy atom. The number of carbonyl (C=O) groups excluding carboxylic acids is 2. The van der Waals surface area contributed by atoms with Gasteiger partial charge in [0.1, 0.15) is 0 Å². The van der Waals surface area contributed by atoms with Crippen LogP contribution in [-0.2, 0) is 14.3 Å². The van der Waals surface area contributed by atoms with Gasteiger partial charge in [0.15, 0.2) is 6.61 Å². The fraction of sp³-hybridized carbons (Fsp3) is 0.765. The highest BCUT2D eigenvalue weighted by molar-refractivity contribution is 5.82. The smallest absolute Gasteiger partial charge is 0.310 e. The summed E-state index contributed by atoms with van der Waals surface area (Å²) in [5, 5.41) is 0. The summed E-state index contributed by atoms with van der Waals surface area (Å²) >= 11 is 0. The second kappa shape index (κ2) is 5.82. The minimum Gasteiger partial charge on any atom is -0.455 e. The fourth-order valence-electron chi connectivity index (χ4n) is 4.25. The topological polar surface area (TPSA) is 46.6 Å². The summed E-state index contributed by atoms with van der Waals surface area (Å²) in [6, 6.07) is 0. The number of hydrogen-bond acceptors (Lipinski definition) is 3. The quantitative estimate of drug-likeness (QED) is 0.592. The van der Waals surface area contributed by atoms with Crippen molar-refractivity contribution in [2.24, 2.45) is 29.6 Å². The molecule has 2 aliphatic carbocycles. The zero-order valence-electron chi connectivity index (χ0n) is 13.0. The summed E-state index contributed by atoms with van der Waals surface area (Å²) in [7, 11) is 0. The molecule has 2 fully saturated rings. The highest BCUT2D eigenvalue weighted by Gasteiger charge is 2.41.